The minimum atomic E-state index is 0.710. The molecule has 0 bridgehead atoms. The molecular weight excluding hydrogens is 338 g/mol. The lowest BCUT2D eigenvalue weighted by Gasteiger charge is -2.28. The number of hydrogen-bond acceptors (Lipinski definition) is 6. The Balaban J connectivity index is 1.65. The van der Waals surface area contributed by atoms with Crippen LogP contribution in [0.15, 0.2) is 54.7 Å². The number of fused-ring (bicyclic) bond motifs is 1. The lowest BCUT2D eigenvalue weighted by Crippen LogP contribution is -2.37. The van der Waals surface area contributed by atoms with Gasteiger partial charge in [0.2, 0.25) is 5.95 Å². The molecule has 2 aliphatic heterocycles. The van der Waals surface area contributed by atoms with Gasteiger partial charge in [0, 0.05) is 37.1 Å². The Morgan fingerprint density at radius 3 is 2.44 bits per heavy atom. The Hall–Kier alpha value is -2.99. The molecule has 0 radical (unpaired) electrons. The summed E-state index contributed by atoms with van der Waals surface area (Å²) in [4.78, 5) is 19.0. The molecule has 0 saturated carbocycles. The van der Waals surface area contributed by atoms with Gasteiger partial charge in [-0.05, 0) is 30.7 Å². The number of morpholine rings is 1. The molecule has 1 aromatic carbocycles. The minimum Gasteiger partial charge on any atom is -0.378 e. The highest BCUT2D eigenvalue weighted by Gasteiger charge is 2.29. The summed E-state index contributed by atoms with van der Waals surface area (Å²) in [7, 11) is 0. The molecule has 1 saturated heterocycles. The highest BCUT2D eigenvalue weighted by molar-refractivity contribution is 5.75. The molecule has 5 rings (SSSR count). The van der Waals surface area contributed by atoms with Crippen molar-refractivity contribution in [1.29, 1.82) is 0 Å². The van der Waals surface area contributed by atoms with Crippen LogP contribution in [-0.2, 0) is 11.2 Å². The van der Waals surface area contributed by atoms with E-state index in [1.807, 2.05) is 30.5 Å². The fraction of sp³-hybridized carbons (Fsp3) is 0.286. The van der Waals surface area contributed by atoms with Gasteiger partial charge < -0.3 is 14.5 Å². The van der Waals surface area contributed by atoms with Crippen molar-refractivity contribution in [3.63, 3.8) is 0 Å². The fourth-order valence-electron chi connectivity index (χ4n) is 3.72. The number of nitrogens with zero attached hydrogens (tertiary/aromatic N) is 5. The van der Waals surface area contributed by atoms with E-state index in [9.17, 15) is 0 Å². The van der Waals surface area contributed by atoms with Crippen LogP contribution in [0.5, 0.6) is 0 Å². The highest BCUT2D eigenvalue weighted by atomic mass is 16.5. The van der Waals surface area contributed by atoms with E-state index in [1.165, 1.54) is 5.56 Å². The molecule has 2 aromatic heterocycles. The summed E-state index contributed by atoms with van der Waals surface area (Å²) < 4.78 is 5.50. The molecule has 6 heteroatoms. The van der Waals surface area contributed by atoms with E-state index in [-0.39, 0.29) is 0 Å². The Bertz CT molecular complexity index is 926. The first-order chi connectivity index (χ1) is 13.4. The van der Waals surface area contributed by atoms with Gasteiger partial charge in [-0.3, -0.25) is 4.98 Å². The first kappa shape index (κ1) is 16.2. The van der Waals surface area contributed by atoms with Crippen molar-refractivity contribution < 1.29 is 4.74 Å². The molecule has 1 fully saturated rings. The topological polar surface area (TPSA) is 54.4 Å². The monoisotopic (exact) mass is 359 g/mol. The molecule has 0 N–H and O–H groups in total. The van der Waals surface area contributed by atoms with Crippen molar-refractivity contribution in [2.75, 3.05) is 42.6 Å². The third-order valence-electron chi connectivity index (χ3n) is 5.08. The maximum Gasteiger partial charge on any atom is 0.228 e. The lowest BCUT2D eigenvalue weighted by molar-refractivity contribution is 0.122. The number of benzene rings is 1. The maximum atomic E-state index is 5.50. The van der Waals surface area contributed by atoms with E-state index < -0.39 is 0 Å². The number of rotatable bonds is 3. The SMILES string of the molecule is c1ccc(N2CCc3c(-c4ccccn4)nc(N4CCOCC4)nc32)cc1. The summed E-state index contributed by atoms with van der Waals surface area (Å²) in [5.41, 5.74) is 4.19. The second-order valence-corrected chi connectivity index (χ2v) is 6.73. The van der Waals surface area contributed by atoms with Gasteiger partial charge in [-0.25, -0.2) is 4.98 Å². The third kappa shape index (κ3) is 3.02. The summed E-state index contributed by atoms with van der Waals surface area (Å²) in [6.07, 6.45) is 2.74. The normalized spacial score (nSPS) is 16.4. The van der Waals surface area contributed by atoms with E-state index in [1.54, 1.807) is 0 Å². The van der Waals surface area contributed by atoms with Crippen LogP contribution in [0.1, 0.15) is 5.56 Å². The summed E-state index contributed by atoms with van der Waals surface area (Å²) in [6.45, 7) is 3.95. The van der Waals surface area contributed by atoms with Gasteiger partial charge in [0.05, 0.1) is 24.6 Å². The van der Waals surface area contributed by atoms with Gasteiger partial charge in [0.1, 0.15) is 5.82 Å². The second kappa shape index (κ2) is 6.96. The zero-order valence-corrected chi connectivity index (χ0v) is 15.1. The van der Waals surface area contributed by atoms with Crippen LogP contribution in [0, 0.1) is 0 Å². The maximum absolute atomic E-state index is 5.50. The first-order valence-electron chi connectivity index (χ1n) is 9.38. The van der Waals surface area contributed by atoms with Crippen LogP contribution in [0.4, 0.5) is 17.5 Å². The van der Waals surface area contributed by atoms with Crippen molar-refractivity contribution in [2.24, 2.45) is 0 Å². The fourth-order valence-corrected chi connectivity index (χ4v) is 3.72. The molecule has 136 valence electrons. The van der Waals surface area contributed by atoms with Gasteiger partial charge >= 0.3 is 0 Å². The molecule has 0 spiro atoms. The van der Waals surface area contributed by atoms with Crippen molar-refractivity contribution in [2.45, 2.75) is 6.42 Å². The summed E-state index contributed by atoms with van der Waals surface area (Å²) in [6, 6.07) is 16.4. The van der Waals surface area contributed by atoms with Crippen molar-refractivity contribution in [3.05, 3.63) is 60.3 Å². The van der Waals surface area contributed by atoms with Crippen LogP contribution in [0.2, 0.25) is 0 Å². The van der Waals surface area contributed by atoms with Crippen molar-refractivity contribution >= 4 is 17.5 Å². The highest BCUT2D eigenvalue weighted by Crippen LogP contribution is 2.38. The molecule has 6 nitrogen and oxygen atoms in total. The van der Waals surface area contributed by atoms with Gasteiger partial charge in [0.15, 0.2) is 0 Å². The Labute approximate surface area is 158 Å². The summed E-state index contributed by atoms with van der Waals surface area (Å²) in [5, 5.41) is 0. The molecule has 4 heterocycles. The predicted molar refractivity (Wildman–Crippen MR) is 105 cm³/mol. The number of anilines is 3. The van der Waals surface area contributed by atoms with Crippen LogP contribution in [0.3, 0.4) is 0 Å². The van der Waals surface area contributed by atoms with Gasteiger partial charge in [-0.1, -0.05) is 24.3 Å². The predicted octanol–water partition coefficient (Wildman–Crippen LogP) is 3.07. The third-order valence-corrected chi connectivity index (χ3v) is 5.08. The number of aromatic nitrogens is 3. The zero-order valence-electron chi connectivity index (χ0n) is 15.1. The molecule has 3 aromatic rings. The molecule has 2 aliphatic rings. The summed E-state index contributed by atoms with van der Waals surface area (Å²) >= 11 is 0. The molecule has 0 amide bonds. The van der Waals surface area contributed by atoms with Gasteiger partial charge in [-0.15, -0.1) is 0 Å². The van der Waals surface area contributed by atoms with Crippen LogP contribution < -0.4 is 9.80 Å². The quantitative estimate of drug-likeness (QED) is 0.716. The Morgan fingerprint density at radius 2 is 1.67 bits per heavy atom. The molecule has 27 heavy (non-hydrogen) atoms. The van der Waals surface area contributed by atoms with Crippen LogP contribution in [-0.4, -0.2) is 47.8 Å². The standard InChI is InChI=1S/C21H21N5O/c1-2-6-16(7-3-1)26-11-9-17-19(18-8-4-5-10-22-18)23-21(24-20(17)26)25-12-14-27-15-13-25/h1-8,10H,9,11-15H2. The molecular formula is C21H21N5O. The number of para-hydroxylation sites is 1. The Morgan fingerprint density at radius 1 is 0.852 bits per heavy atom. The minimum absolute atomic E-state index is 0.710. The number of hydrogen-bond donors (Lipinski definition) is 0. The zero-order chi connectivity index (χ0) is 18.1. The smallest absolute Gasteiger partial charge is 0.228 e. The summed E-state index contributed by atoms with van der Waals surface area (Å²) in [5.74, 6) is 1.76. The lowest BCUT2D eigenvalue weighted by atomic mass is 10.1. The average molecular weight is 359 g/mol. The van der Waals surface area contributed by atoms with E-state index in [0.29, 0.717) is 13.2 Å². The van der Waals surface area contributed by atoms with Crippen molar-refractivity contribution in [1.82, 2.24) is 15.0 Å². The largest absolute Gasteiger partial charge is 0.378 e. The molecule has 0 aliphatic carbocycles. The van der Waals surface area contributed by atoms with E-state index >= 15 is 0 Å². The van der Waals surface area contributed by atoms with E-state index in [0.717, 1.165) is 54.9 Å². The van der Waals surface area contributed by atoms with Gasteiger partial charge in [-0.2, -0.15) is 4.98 Å². The van der Waals surface area contributed by atoms with Crippen LogP contribution >= 0.6 is 0 Å². The van der Waals surface area contributed by atoms with Crippen molar-refractivity contribution in [3.8, 4) is 11.4 Å². The van der Waals surface area contributed by atoms with Crippen LogP contribution in [0.25, 0.3) is 11.4 Å². The average Bonchev–Trinajstić information content (AvgIpc) is 3.19. The van der Waals surface area contributed by atoms with Gasteiger partial charge in [0.25, 0.3) is 0 Å². The van der Waals surface area contributed by atoms with E-state index in [2.05, 4.69) is 39.0 Å². The second-order valence-electron chi connectivity index (χ2n) is 6.73. The number of ether oxygens (including phenoxy) is 1. The molecule has 0 unspecified atom stereocenters. The Kier molecular flexibility index (Phi) is 4.18. The molecule has 0 atom stereocenters. The first-order valence-corrected chi connectivity index (χ1v) is 9.38. The number of pyridine rings is 1. The van der Waals surface area contributed by atoms with E-state index in [4.69, 9.17) is 14.7 Å².